The number of carbonyl (C=O) groups is 1. The zero-order chi connectivity index (χ0) is 23.4. The van der Waals surface area contributed by atoms with Crippen LogP contribution in [0.15, 0.2) is 52.2 Å². The van der Waals surface area contributed by atoms with Gasteiger partial charge in [0.05, 0.1) is 22.9 Å². The first kappa shape index (κ1) is 22.2. The molecule has 0 bridgehead atoms. The first-order chi connectivity index (χ1) is 16.0. The number of aromatic nitrogens is 5. The van der Waals surface area contributed by atoms with Gasteiger partial charge < -0.3 is 10.5 Å². The molecule has 0 unspecified atom stereocenters. The summed E-state index contributed by atoms with van der Waals surface area (Å²) in [7, 11) is 0. The van der Waals surface area contributed by atoms with Crippen LogP contribution < -0.4 is 15.9 Å². The molecule has 4 rings (SSSR count). The summed E-state index contributed by atoms with van der Waals surface area (Å²) < 4.78 is 11.4. The smallest absolute Gasteiger partial charge is 0.294 e. The van der Waals surface area contributed by atoms with E-state index in [0.29, 0.717) is 39.2 Å². The van der Waals surface area contributed by atoms with Gasteiger partial charge in [-0.1, -0.05) is 34.5 Å². The predicted octanol–water partition coefficient (Wildman–Crippen LogP) is 3.37. The average Bonchev–Trinajstić information content (AvgIpc) is 3.43. The standard InChI is InChI=1S/C20H16Cl2N8O3/c1-2-32-13-6-4-12(5-7-13)17-16(25-29-30(17)19-18(23)27-33-28-19)20(31)26-24-10-11-3-8-14(21)15(22)9-11/h3-10H,2H2,1H3,(H2,23,27)(H,26,31). The van der Waals surface area contributed by atoms with Crippen LogP contribution in [0.4, 0.5) is 5.82 Å². The van der Waals surface area contributed by atoms with Crippen LogP contribution in [-0.2, 0) is 0 Å². The third-order valence-corrected chi connectivity index (χ3v) is 5.08. The molecule has 0 atom stereocenters. The van der Waals surface area contributed by atoms with Crippen molar-refractivity contribution < 1.29 is 14.2 Å². The first-order valence-corrected chi connectivity index (χ1v) is 10.3. The second-order valence-corrected chi connectivity index (χ2v) is 7.32. The third kappa shape index (κ3) is 4.78. The van der Waals surface area contributed by atoms with Crippen molar-refractivity contribution in [2.45, 2.75) is 6.92 Å². The molecule has 0 fully saturated rings. The lowest BCUT2D eigenvalue weighted by molar-refractivity contribution is 0.0950. The van der Waals surface area contributed by atoms with Gasteiger partial charge in [0.2, 0.25) is 11.6 Å². The zero-order valence-corrected chi connectivity index (χ0v) is 18.6. The maximum Gasteiger partial charge on any atom is 0.294 e. The molecule has 1 amide bonds. The van der Waals surface area contributed by atoms with Crippen LogP contribution >= 0.6 is 23.2 Å². The fraction of sp³-hybridized carbons (Fsp3) is 0.100. The van der Waals surface area contributed by atoms with Gasteiger partial charge in [-0.25, -0.2) is 10.1 Å². The number of rotatable bonds is 7. The normalized spacial score (nSPS) is 11.1. The van der Waals surface area contributed by atoms with Gasteiger partial charge in [-0.05, 0) is 59.2 Å². The van der Waals surface area contributed by atoms with Crippen LogP contribution in [0.2, 0.25) is 10.0 Å². The van der Waals surface area contributed by atoms with E-state index >= 15 is 0 Å². The highest BCUT2D eigenvalue weighted by Gasteiger charge is 2.25. The molecule has 0 saturated heterocycles. The molecule has 2 aromatic heterocycles. The quantitative estimate of drug-likeness (QED) is 0.298. The van der Waals surface area contributed by atoms with Gasteiger partial charge in [0.1, 0.15) is 11.4 Å². The highest BCUT2D eigenvalue weighted by atomic mass is 35.5. The molecule has 4 aromatic rings. The minimum atomic E-state index is -0.614. The van der Waals surface area contributed by atoms with Crippen LogP contribution in [0.1, 0.15) is 23.0 Å². The number of benzene rings is 2. The molecular weight excluding hydrogens is 471 g/mol. The molecular formula is C20H16Cl2N8O3. The van der Waals surface area contributed by atoms with Crippen molar-refractivity contribution in [3.05, 3.63) is 63.8 Å². The van der Waals surface area contributed by atoms with Gasteiger partial charge in [-0.2, -0.15) is 9.78 Å². The van der Waals surface area contributed by atoms with Crippen molar-refractivity contribution in [2.24, 2.45) is 5.10 Å². The second-order valence-electron chi connectivity index (χ2n) is 6.50. The van der Waals surface area contributed by atoms with Crippen molar-refractivity contribution >= 4 is 41.1 Å². The summed E-state index contributed by atoms with van der Waals surface area (Å²) in [6, 6.07) is 11.9. The second kappa shape index (κ2) is 9.67. The first-order valence-electron chi connectivity index (χ1n) is 9.53. The number of hydrogen-bond donors (Lipinski definition) is 2. The molecule has 0 aliphatic heterocycles. The molecule has 33 heavy (non-hydrogen) atoms. The molecule has 11 nitrogen and oxygen atoms in total. The van der Waals surface area contributed by atoms with Crippen LogP contribution in [0.25, 0.3) is 17.1 Å². The van der Waals surface area contributed by atoms with Crippen LogP contribution in [0, 0.1) is 0 Å². The Morgan fingerprint density at radius 3 is 2.67 bits per heavy atom. The van der Waals surface area contributed by atoms with Crippen LogP contribution in [0.3, 0.4) is 0 Å². The van der Waals surface area contributed by atoms with E-state index in [0.717, 1.165) is 0 Å². The molecule has 0 aliphatic rings. The minimum Gasteiger partial charge on any atom is -0.494 e. The van der Waals surface area contributed by atoms with Gasteiger partial charge in [-0.15, -0.1) is 5.10 Å². The molecule has 168 valence electrons. The molecule has 3 N–H and O–H groups in total. The van der Waals surface area contributed by atoms with Crippen LogP contribution in [0.5, 0.6) is 5.75 Å². The van der Waals surface area contributed by atoms with E-state index in [1.54, 1.807) is 42.5 Å². The number of hydrazone groups is 1. The maximum absolute atomic E-state index is 12.9. The Morgan fingerprint density at radius 1 is 1.21 bits per heavy atom. The zero-order valence-electron chi connectivity index (χ0n) is 17.1. The Labute approximate surface area is 197 Å². The van der Waals surface area contributed by atoms with Crippen molar-refractivity contribution in [2.75, 3.05) is 12.3 Å². The number of nitrogen functional groups attached to an aromatic ring is 1. The van der Waals surface area contributed by atoms with Crippen molar-refractivity contribution in [1.29, 1.82) is 0 Å². The number of nitrogens with zero attached hydrogens (tertiary/aromatic N) is 6. The SMILES string of the molecule is CCOc1ccc(-c2c(C(=O)NN=Cc3ccc(Cl)c(Cl)c3)nnn2-c2nonc2N)cc1. The lowest BCUT2D eigenvalue weighted by Gasteiger charge is -2.07. The number of nitrogens with one attached hydrogen (secondary N) is 1. The number of ether oxygens (including phenoxy) is 1. The predicted molar refractivity (Wildman–Crippen MR) is 122 cm³/mol. The van der Waals surface area contributed by atoms with Crippen molar-refractivity contribution in [1.82, 2.24) is 30.7 Å². The Hall–Kier alpha value is -3.96. The number of hydrogen-bond acceptors (Lipinski definition) is 9. The summed E-state index contributed by atoms with van der Waals surface area (Å²) in [6.07, 6.45) is 1.42. The van der Waals surface area contributed by atoms with Crippen molar-refractivity contribution in [3.63, 3.8) is 0 Å². The highest BCUT2D eigenvalue weighted by molar-refractivity contribution is 6.42. The monoisotopic (exact) mass is 486 g/mol. The van der Waals surface area contributed by atoms with E-state index in [1.165, 1.54) is 10.9 Å². The Balaban J connectivity index is 1.66. The van der Waals surface area contributed by atoms with Gasteiger partial charge in [-0.3, -0.25) is 4.79 Å². The lowest BCUT2D eigenvalue weighted by atomic mass is 10.1. The Kier molecular flexibility index (Phi) is 6.52. The van der Waals surface area contributed by atoms with Gasteiger partial charge in [0.25, 0.3) is 5.91 Å². The number of halogens is 2. The topological polar surface area (TPSA) is 146 Å². The number of anilines is 1. The van der Waals surface area contributed by atoms with E-state index in [2.05, 4.69) is 35.8 Å². The Morgan fingerprint density at radius 2 is 2.00 bits per heavy atom. The number of carbonyl (C=O) groups excluding carboxylic acids is 1. The van der Waals surface area contributed by atoms with Crippen LogP contribution in [-0.4, -0.2) is 44.0 Å². The maximum atomic E-state index is 12.9. The van der Waals surface area contributed by atoms with E-state index in [4.69, 9.17) is 33.7 Å². The number of nitrogens with two attached hydrogens (primary N) is 1. The highest BCUT2D eigenvalue weighted by Crippen LogP contribution is 2.28. The molecule has 0 saturated carbocycles. The summed E-state index contributed by atoms with van der Waals surface area (Å²) in [4.78, 5) is 12.9. The summed E-state index contributed by atoms with van der Waals surface area (Å²) >= 11 is 11.9. The molecule has 0 aliphatic carbocycles. The van der Waals surface area contributed by atoms with Gasteiger partial charge in [0, 0.05) is 5.56 Å². The summed E-state index contributed by atoms with van der Waals surface area (Å²) in [6.45, 7) is 2.40. The Bertz CT molecular complexity index is 1320. The fourth-order valence-corrected chi connectivity index (χ4v) is 3.17. The van der Waals surface area contributed by atoms with E-state index in [-0.39, 0.29) is 17.3 Å². The minimum absolute atomic E-state index is 0.0170. The molecule has 2 heterocycles. The molecule has 0 spiro atoms. The third-order valence-electron chi connectivity index (χ3n) is 4.34. The number of amides is 1. The molecule has 2 aromatic carbocycles. The van der Waals surface area contributed by atoms with E-state index in [9.17, 15) is 4.79 Å². The van der Waals surface area contributed by atoms with Gasteiger partial charge in [0.15, 0.2) is 5.69 Å². The molecule has 13 heteroatoms. The van der Waals surface area contributed by atoms with E-state index < -0.39 is 5.91 Å². The molecule has 0 radical (unpaired) electrons. The van der Waals surface area contributed by atoms with Crippen molar-refractivity contribution in [3.8, 4) is 22.8 Å². The average molecular weight is 487 g/mol. The lowest BCUT2D eigenvalue weighted by Crippen LogP contribution is -2.19. The largest absolute Gasteiger partial charge is 0.494 e. The van der Waals surface area contributed by atoms with E-state index in [1.807, 2.05) is 6.92 Å². The fourth-order valence-electron chi connectivity index (χ4n) is 2.87. The summed E-state index contributed by atoms with van der Waals surface area (Å²) in [5.41, 5.74) is 9.76. The summed E-state index contributed by atoms with van der Waals surface area (Å²) in [5.74, 6) is 0.123. The summed E-state index contributed by atoms with van der Waals surface area (Å²) in [5, 5.41) is 20.0. The van der Waals surface area contributed by atoms with Gasteiger partial charge >= 0.3 is 0 Å².